The third kappa shape index (κ3) is 2.92. The minimum absolute atomic E-state index is 0.132. The highest BCUT2D eigenvalue weighted by atomic mass is 19.1. The quantitative estimate of drug-likeness (QED) is 0.904. The molecule has 0 fully saturated rings. The summed E-state index contributed by atoms with van der Waals surface area (Å²) in [5.74, 6) is 1.05. The molecule has 0 spiro atoms. The van der Waals surface area contributed by atoms with Crippen molar-refractivity contribution in [1.29, 1.82) is 0 Å². The summed E-state index contributed by atoms with van der Waals surface area (Å²) in [7, 11) is 0. The van der Waals surface area contributed by atoms with Gasteiger partial charge in [0.15, 0.2) is 5.82 Å². The summed E-state index contributed by atoms with van der Waals surface area (Å²) in [4.78, 5) is 4.09. The third-order valence-corrected chi connectivity index (χ3v) is 2.68. The number of hydrogen-bond donors (Lipinski definition) is 1. The zero-order valence-corrected chi connectivity index (χ0v) is 10.7. The molecular weight excluding hydrogens is 233 g/mol. The molecule has 96 valence electrons. The lowest BCUT2D eigenvalue weighted by Crippen LogP contribution is -2.14. The second kappa shape index (κ2) is 5.27. The van der Waals surface area contributed by atoms with Crippen LogP contribution in [0.5, 0.6) is 0 Å². The van der Waals surface area contributed by atoms with E-state index in [0.717, 1.165) is 5.56 Å². The van der Waals surface area contributed by atoms with Gasteiger partial charge in [0.05, 0.1) is 6.54 Å². The van der Waals surface area contributed by atoms with Crippen molar-refractivity contribution >= 4 is 0 Å². The van der Waals surface area contributed by atoms with Crippen LogP contribution in [0, 0.1) is 26.6 Å². The van der Waals surface area contributed by atoms with E-state index >= 15 is 0 Å². The fourth-order valence-corrected chi connectivity index (χ4v) is 1.87. The number of aromatic nitrogens is 2. The van der Waals surface area contributed by atoms with Gasteiger partial charge in [-0.25, -0.2) is 4.39 Å². The normalized spacial score (nSPS) is 10.9. The van der Waals surface area contributed by atoms with Crippen molar-refractivity contribution in [1.82, 2.24) is 15.5 Å². The number of hydrogen-bond acceptors (Lipinski definition) is 4. The van der Waals surface area contributed by atoms with Crippen molar-refractivity contribution in [2.45, 2.75) is 33.9 Å². The van der Waals surface area contributed by atoms with E-state index < -0.39 is 0 Å². The number of rotatable bonds is 4. The van der Waals surface area contributed by atoms with E-state index in [-0.39, 0.29) is 5.82 Å². The molecule has 2 rings (SSSR count). The van der Waals surface area contributed by atoms with Gasteiger partial charge in [0.25, 0.3) is 0 Å². The molecule has 4 nitrogen and oxygen atoms in total. The maximum Gasteiger partial charge on any atom is 0.223 e. The molecule has 0 radical (unpaired) electrons. The molecule has 0 aliphatic heterocycles. The summed E-state index contributed by atoms with van der Waals surface area (Å²) in [5, 5.41) is 6.99. The number of benzene rings is 1. The monoisotopic (exact) mass is 249 g/mol. The zero-order chi connectivity index (χ0) is 13.1. The Kier molecular flexibility index (Phi) is 3.72. The first-order valence-electron chi connectivity index (χ1n) is 5.82. The summed E-state index contributed by atoms with van der Waals surface area (Å²) < 4.78 is 18.3. The second-order valence-electron chi connectivity index (χ2n) is 4.38. The van der Waals surface area contributed by atoms with Gasteiger partial charge in [0.2, 0.25) is 5.89 Å². The molecule has 1 aromatic heterocycles. The fourth-order valence-electron chi connectivity index (χ4n) is 1.87. The summed E-state index contributed by atoms with van der Waals surface area (Å²) in [6.07, 6.45) is 0. The molecule has 0 saturated heterocycles. The molecule has 2 aromatic rings. The lowest BCUT2D eigenvalue weighted by atomic mass is 10.1. The standard InChI is InChI=1S/C13H16FN3O/c1-8-4-11(5-9(2)13(8)14)6-15-7-12-16-10(3)18-17-12/h4-5,15H,6-7H2,1-3H3. The largest absolute Gasteiger partial charge is 0.340 e. The van der Waals surface area contributed by atoms with Crippen LogP contribution in [-0.2, 0) is 13.1 Å². The number of halogens is 1. The first kappa shape index (κ1) is 12.7. The van der Waals surface area contributed by atoms with Crippen LogP contribution in [0.3, 0.4) is 0 Å². The molecule has 0 unspecified atom stereocenters. The SMILES string of the molecule is Cc1nc(CNCc2cc(C)c(F)c(C)c2)no1. The van der Waals surface area contributed by atoms with Gasteiger partial charge >= 0.3 is 0 Å². The van der Waals surface area contributed by atoms with Crippen molar-refractivity contribution in [3.63, 3.8) is 0 Å². The van der Waals surface area contributed by atoms with E-state index in [2.05, 4.69) is 15.5 Å². The molecule has 1 N–H and O–H groups in total. The molecule has 0 aliphatic rings. The van der Waals surface area contributed by atoms with Crippen LogP contribution in [0.1, 0.15) is 28.4 Å². The molecule has 0 saturated carbocycles. The zero-order valence-electron chi connectivity index (χ0n) is 10.7. The molecule has 0 bridgehead atoms. The van der Waals surface area contributed by atoms with Gasteiger partial charge in [0, 0.05) is 13.5 Å². The average molecular weight is 249 g/mol. The minimum atomic E-state index is -0.132. The van der Waals surface area contributed by atoms with Crippen LogP contribution in [0.15, 0.2) is 16.7 Å². The Morgan fingerprint density at radius 2 is 1.83 bits per heavy atom. The average Bonchev–Trinajstić information content (AvgIpc) is 2.72. The second-order valence-corrected chi connectivity index (χ2v) is 4.38. The Morgan fingerprint density at radius 3 is 2.39 bits per heavy atom. The van der Waals surface area contributed by atoms with Crippen LogP contribution in [0.25, 0.3) is 0 Å². The Bertz CT molecular complexity index is 528. The van der Waals surface area contributed by atoms with Crippen LogP contribution in [0.2, 0.25) is 0 Å². The molecule has 0 amide bonds. The highest BCUT2D eigenvalue weighted by Gasteiger charge is 2.05. The predicted molar refractivity (Wildman–Crippen MR) is 65.5 cm³/mol. The molecule has 5 heteroatoms. The molecule has 1 heterocycles. The van der Waals surface area contributed by atoms with Gasteiger partial charge in [-0.3, -0.25) is 0 Å². The van der Waals surface area contributed by atoms with Crippen molar-refractivity contribution in [3.8, 4) is 0 Å². The summed E-state index contributed by atoms with van der Waals surface area (Å²) in [5.41, 5.74) is 2.39. The van der Waals surface area contributed by atoms with Gasteiger partial charge in [-0.15, -0.1) is 0 Å². The summed E-state index contributed by atoms with van der Waals surface area (Å²) in [6.45, 7) is 6.48. The van der Waals surface area contributed by atoms with Crippen LogP contribution >= 0.6 is 0 Å². The smallest absolute Gasteiger partial charge is 0.223 e. The maximum atomic E-state index is 13.4. The number of nitrogens with zero attached hydrogens (tertiary/aromatic N) is 2. The van der Waals surface area contributed by atoms with Crippen LogP contribution < -0.4 is 5.32 Å². The van der Waals surface area contributed by atoms with Crippen molar-refractivity contribution < 1.29 is 8.91 Å². The van der Waals surface area contributed by atoms with Gasteiger partial charge in [-0.1, -0.05) is 17.3 Å². The Labute approximate surface area is 105 Å². The Morgan fingerprint density at radius 1 is 1.17 bits per heavy atom. The maximum absolute atomic E-state index is 13.4. The highest BCUT2D eigenvalue weighted by Crippen LogP contribution is 2.14. The topological polar surface area (TPSA) is 51.0 Å². The Balaban J connectivity index is 1.94. The van der Waals surface area contributed by atoms with Gasteiger partial charge in [-0.2, -0.15) is 4.98 Å². The molecule has 0 aliphatic carbocycles. The van der Waals surface area contributed by atoms with E-state index in [0.29, 0.717) is 35.9 Å². The van der Waals surface area contributed by atoms with E-state index in [1.165, 1.54) is 0 Å². The highest BCUT2D eigenvalue weighted by molar-refractivity contribution is 5.30. The van der Waals surface area contributed by atoms with Gasteiger partial charge in [-0.05, 0) is 30.5 Å². The molecular formula is C13H16FN3O. The predicted octanol–water partition coefficient (Wildman–Crippen LogP) is 2.42. The van der Waals surface area contributed by atoms with Crippen molar-refractivity contribution in [3.05, 3.63) is 46.4 Å². The molecule has 1 aromatic carbocycles. The lowest BCUT2D eigenvalue weighted by Gasteiger charge is -2.07. The fraction of sp³-hybridized carbons (Fsp3) is 0.385. The van der Waals surface area contributed by atoms with Gasteiger partial charge in [0.1, 0.15) is 5.82 Å². The van der Waals surface area contributed by atoms with Crippen molar-refractivity contribution in [2.24, 2.45) is 0 Å². The molecule has 0 atom stereocenters. The number of aryl methyl sites for hydroxylation is 3. The van der Waals surface area contributed by atoms with Crippen molar-refractivity contribution in [2.75, 3.05) is 0 Å². The third-order valence-electron chi connectivity index (χ3n) is 2.68. The Hall–Kier alpha value is -1.75. The minimum Gasteiger partial charge on any atom is -0.340 e. The summed E-state index contributed by atoms with van der Waals surface area (Å²) >= 11 is 0. The summed E-state index contributed by atoms with van der Waals surface area (Å²) in [6, 6.07) is 3.69. The first-order valence-corrected chi connectivity index (χ1v) is 5.82. The van der Waals surface area contributed by atoms with E-state index in [1.807, 2.05) is 12.1 Å². The van der Waals surface area contributed by atoms with E-state index in [9.17, 15) is 4.39 Å². The number of nitrogens with one attached hydrogen (secondary N) is 1. The molecule has 18 heavy (non-hydrogen) atoms. The van der Waals surface area contributed by atoms with Gasteiger partial charge < -0.3 is 9.84 Å². The van der Waals surface area contributed by atoms with E-state index in [1.54, 1.807) is 20.8 Å². The van der Waals surface area contributed by atoms with Crippen LogP contribution in [0.4, 0.5) is 4.39 Å². The van der Waals surface area contributed by atoms with E-state index in [4.69, 9.17) is 4.52 Å². The van der Waals surface area contributed by atoms with Crippen LogP contribution in [-0.4, -0.2) is 10.1 Å². The lowest BCUT2D eigenvalue weighted by molar-refractivity contribution is 0.385. The first-order chi connectivity index (χ1) is 8.56.